The van der Waals surface area contributed by atoms with Crippen molar-refractivity contribution in [1.29, 1.82) is 0 Å². The molecule has 0 amide bonds. The third-order valence-corrected chi connectivity index (χ3v) is 3.28. The molecule has 0 aliphatic rings. The molecule has 2 aromatic rings. The molecule has 2 rings (SSSR count). The van der Waals surface area contributed by atoms with Crippen LogP contribution < -0.4 is 0 Å². The zero-order valence-electron chi connectivity index (χ0n) is 10.4. The molecule has 0 saturated heterocycles. The Hall–Kier alpha value is -1.64. The van der Waals surface area contributed by atoms with E-state index in [-0.39, 0.29) is 5.92 Å². The number of rotatable bonds is 4. The highest BCUT2D eigenvalue weighted by Crippen LogP contribution is 2.32. The van der Waals surface area contributed by atoms with Crippen molar-refractivity contribution < 1.29 is 10.2 Å². The van der Waals surface area contributed by atoms with Crippen LogP contribution in [0.15, 0.2) is 60.7 Å². The minimum atomic E-state index is -0.665. The average Bonchev–Trinajstić information content (AvgIpc) is 2.47. The van der Waals surface area contributed by atoms with Crippen molar-refractivity contribution in [1.82, 2.24) is 0 Å². The first-order valence-corrected chi connectivity index (χ1v) is 6.16. The van der Waals surface area contributed by atoms with Gasteiger partial charge in [-0.3, -0.25) is 0 Å². The molecule has 0 aromatic heterocycles. The molecule has 0 bridgehead atoms. The Labute approximate surface area is 108 Å². The van der Waals surface area contributed by atoms with Crippen molar-refractivity contribution in [2.45, 2.75) is 19.1 Å². The summed E-state index contributed by atoms with van der Waals surface area (Å²) in [6.07, 6.45) is -1.33. The summed E-state index contributed by atoms with van der Waals surface area (Å²) in [7, 11) is 0. The fourth-order valence-corrected chi connectivity index (χ4v) is 2.08. The first-order chi connectivity index (χ1) is 8.70. The van der Waals surface area contributed by atoms with E-state index < -0.39 is 12.2 Å². The van der Waals surface area contributed by atoms with E-state index in [1.165, 1.54) is 0 Å². The molecule has 0 saturated carbocycles. The first-order valence-electron chi connectivity index (χ1n) is 6.16. The largest absolute Gasteiger partial charge is 0.388 e. The van der Waals surface area contributed by atoms with E-state index in [2.05, 4.69) is 0 Å². The summed E-state index contributed by atoms with van der Waals surface area (Å²) in [5, 5.41) is 20.5. The minimum Gasteiger partial charge on any atom is -0.388 e. The summed E-state index contributed by atoms with van der Waals surface area (Å²) in [4.78, 5) is 0. The molecular weight excluding hydrogens is 224 g/mol. The Kier molecular flexibility index (Phi) is 4.13. The predicted molar refractivity (Wildman–Crippen MR) is 72.0 cm³/mol. The molecule has 94 valence electrons. The molecule has 2 heteroatoms. The second-order valence-corrected chi connectivity index (χ2v) is 4.57. The van der Waals surface area contributed by atoms with E-state index >= 15 is 0 Å². The fraction of sp³-hybridized carbons (Fsp3) is 0.250. The van der Waals surface area contributed by atoms with Crippen molar-refractivity contribution in [2.75, 3.05) is 0 Å². The highest BCUT2D eigenvalue weighted by atomic mass is 16.3. The standard InChI is InChI=1S/C16H18O2/c1-12(15(17)13-8-4-2-5-9-13)16(18)14-10-6-3-7-11-14/h2-12,15-18H,1H3/t12?,15-,16+. The summed E-state index contributed by atoms with van der Waals surface area (Å²) in [5.41, 5.74) is 1.67. The van der Waals surface area contributed by atoms with E-state index in [1.807, 2.05) is 67.6 Å². The first kappa shape index (κ1) is 12.8. The van der Waals surface area contributed by atoms with Gasteiger partial charge in [0.1, 0.15) is 0 Å². The van der Waals surface area contributed by atoms with Crippen molar-refractivity contribution in [3.63, 3.8) is 0 Å². The molecule has 0 radical (unpaired) electrons. The maximum absolute atomic E-state index is 10.3. The van der Waals surface area contributed by atoms with Crippen LogP contribution in [0.3, 0.4) is 0 Å². The molecule has 0 aliphatic carbocycles. The smallest absolute Gasteiger partial charge is 0.0843 e. The highest BCUT2D eigenvalue weighted by molar-refractivity contribution is 5.22. The van der Waals surface area contributed by atoms with Gasteiger partial charge in [-0.25, -0.2) is 0 Å². The Morgan fingerprint density at radius 2 is 1.00 bits per heavy atom. The molecule has 2 N–H and O–H groups in total. The topological polar surface area (TPSA) is 40.5 Å². The molecule has 1 unspecified atom stereocenters. The van der Waals surface area contributed by atoms with Crippen LogP contribution in [0.25, 0.3) is 0 Å². The molecule has 0 spiro atoms. The van der Waals surface area contributed by atoms with E-state index in [0.717, 1.165) is 11.1 Å². The lowest BCUT2D eigenvalue weighted by molar-refractivity contribution is 0.0199. The lowest BCUT2D eigenvalue weighted by Crippen LogP contribution is -2.17. The van der Waals surface area contributed by atoms with Crippen LogP contribution in [-0.2, 0) is 0 Å². The van der Waals surface area contributed by atoms with Gasteiger partial charge in [-0.15, -0.1) is 0 Å². The van der Waals surface area contributed by atoms with Crippen molar-refractivity contribution in [3.05, 3.63) is 71.8 Å². The number of aliphatic hydroxyl groups excluding tert-OH is 2. The Bertz CT molecular complexity index is 421. The second kappa shape index (κ2) is 5.80. The van der Waals surface area contributed by atoms with E-state index in [9.17, 15) is 10.2 Å². The zero-order valence-corrected chi connectivity index (χ0v) is 10.4. The minimum absolute atomic E-state index is 0.255. The molecule has 2 nitrogen and oxygen atoms in total. The summed E-state index contributed by atoms with van der Waals surface area (Å²) in [6, 6.07) is 18.9. The van der Waals surface area contributed by atoms with Gasteiger partial charge in [0.25, 0.3) is 0 Å². The van der Waals surface area contributed by atoms with E-state index in [4.69, 9.17) is 0 Å². The lowest BCUT2D eigenvalue weighted by Gasteiger charge is -2.24. The quantitative estimate of drug-likeness (QED) is 0.865. The van der Waals surface area contributed by atoms with Gasteiger partial charge in [0.05, 0.1) is 12.2 Å². The average molecular weight is 242 g/mol. The molecule has 2 aromatic carbocycles. The van der Waals surface area contributed by atoms with Gasteiger partial charge in [-0.05, 0) is 11.1 Å². The summed E-state index contributed by atoms with van der Waals surface area (Å²) in [5.74, 6) is -0.255. The molecule has 0 fully saturated rings. The van der Waals surface area contributed by atoms with Crippen LogP contribution in [0.5, 0.6) is 0 Å². The number of hydrogen-bond donors (Lipinski definition) is 2. The third kappa shape index (κ3) is 2.78. The Balaban J connectivity index is 2.14. The highest BCUT2D eigenvalue weighted by Gasteiger charge is 2.24. The molecule has 0 heterocycles. The molecule has 3 atom stereocenters. The number of hydrogen-bond acceptors (Lipinski definition) is 2. The summed E-state index contributed by atoms with van der Waals surface area (Å²) < 4.78 is 0. The van der Waals surface area contributed by atoms with Gasteiger partial charge < -0.3 is 10.2 Å². The Morgan fingerprint density at radius 3 is 1.33 bits per heavy atom. The van der Waals surface area contributed by atoms with Crippen LogP contribution in [-0.4, -0.2) is 10.2 Å². The normalized spacial score (nSPS) is 15.9. The van der Waals surface area contributed by atoms with Crippen LogP contribution in [0.1, 0.15) is 30.3 Å². The van der Waals surface area contributed by atoms with Gasteiger partial charge in [0.2, 0.25) is 0 Å². The third-order valence-electron chi connectivity index (χ3n) is 3.28. The maximum atomic E-state index is 10.3. The van der Waals surface area contributed by atoms with E-state index in [1.54, 1.807) is 0 Å². The number of benzene rings is 2. The van der Waals surface area contributed by atoms with Crippen LogP contribution in [0, 0.1) is 5.92 Å². The van der Waals surface area contributed by atoms with Gasteiger partial charge in [-0.1, -0.05) is 67.6 Å². The predicted octanol–water partition coefficient (Wildman–Crippen LogP) is 3.09. The number of aliphatic hydroxyl groups is 2. The zero-order chi connectivity index (χ0) is 13.0. The summed E-state index contributed by atoms with van der Waals surface area (Å²) >= 11 is 0. The van der Waals surface area contributed by atoms with Gasteiger partial charge >= 0.3 is 0 Å². The van der Waals surface area contributed by atoms with Crippen LogP contribution in [0.4, 0.5) is 0 Å². The Morgan fingerprint density at radius 1 is 0.667 bits per heavy atom. The van der Waals surface area contributed by atoms with Gasteiger partial charge in [0.15, 0.2) is 0 Å². The van der Waals surface area contributed by atoms with Crippen molar-refractivity contribution in [3.8, 4) is 0 Å². The SMILES string of the molecule is CC([C@H](O)c1ccccc1)[C@@H](O)c1ccccc1. The van der Waals surface area contributed by atoms with Gasteiger partial charge in [0, 0.05) is 5.92 Å². The monoisotopic (exact) mass is 242 g/mol. The summed E-state index contributed by atoms with van der Waals surface area (Å²) in [6.45, 7) is 1.86. The lowest BCUT2D eigenvalue weighted by atomic mass is 9.89. The van der Waals surface area contributed by atoms with Crippen molar-refractivity contribution >= 4 is 0 Å². The second-order valence-electron chi connectivity index (χ2n) is 4.57. The van der Waals surface area contributed by atoms with Gasteiger partial charge in [-0.2, -0.15) is 0 Å². The molecule has 0 aliphatic heterocycles. The molecular formula is C16H18O2. The fourth-order valence-electron chi connectivity index (χ4n) is 2.08. The maximum Gasteiger partial charge on any atom is 0.0843 e. The van der Waals surface area contributed by atoms with Crippen molar-refractivity contribution in [2.24, 2.45) is 5.92 Å². The van der Waals surface area contributed by atoms with Crippen LogP contribution >= 0.6 is 0 Å². The molecule has 18 heavy (non-hydrogen) atoms. The van der Waals surface area contributed by atoms with E-state index in [0.29, 0.717) is 0 Å². The van der Waals surface area contributed by atoms with Crippen LogP contribution in [0.2, 0.25) is 0 Å².